The summed E-state index contributed by atoms with van der Waals surface area (Å²) in [6.45, 7) is 10.1. The number of aromatic nitrogens is 4. The maximum Gasteiger partial charge on any atom is 0.247 e. The number of para-hydroxylation sites is 6. The van der Waals surface area contributed by atoms with Gasteiger partial charge in [-0.3, -0.25) is 0 Å². The second-order valence-electron chi connectivity index (χ2n) is 27.8. The first-order valence-electron chi connectivity index (χ1n) is 32.7. The molecule has 0 amide bonds. The van der Waals surface area contributed by atoms with Gasteiger partial charge >= 0.3 is 0 Å². The van der Waals surface area contributed by atoms with E-state index in [1.807, 2.05) is 0 Å². The Morgan fingerprint density at radius 3 is 1.59 bits per heavy atom. The van der Waals surface area contributed by atoms with Crippen LogP contribution in [0, 0.1) is 0 Å². The molecular weight excluding hydrogens is 1110 g/mol. The van der Waals surface area contributed by atoms with Gasteiger partial charge in [0.2, 0.25) is 13.4 Å². The largest absolute Gasteiger partial charge is 0.310 e. The molecule has 18 aromatic rings. The lowest BCUT2D eigenvalue weighted by molar-refractivity contribution is 0.646. The average molecular weight is 1170 g/mol. The van der Waals surface area contributed by atoms with Gasteiger partial charge in [-0.1, -0.05) is 233 Å². The molecule has 4 aliphatic rings. The van der Waals surface area contributed by atoms with E-state index in [-0.39, 0.29) is 18.8 Å². The van der Waals surface area contributed by atoms with Crippen molar-refractivity contribution in [2.75, 3.05) is 0 Å². The van der Waals surface area contributed by atoms with E-state index in [0.717, 1.165) is 5.69 Å². The molecule has 0 fully saturated rings. The van der Waals surface area contributed by atoms with Gasteiger partial charge in [-0.2, -0.15) is 0 Å². The van der Waals surface area contributed by atoms with Crippen molar-refractivity contribution < 1.29 is 0 Å². The van der Waals surface area contributed by atoms with Crippen LogP contribution in [0.3, 0.4) is 0 Å². The molecule has 4 aromatic heterocycles. The Labute approximate surface area is 531 Å². The normalized spacial score (nSPS) is 14.7. The molecule has 0 radical (unpaired) electrons. The van der Waals surface area contributed by atoms with E-state index < -0.39 is 5.41 Å². The summed E-state index contributed by atoms with van der Waals surface area (Å²) in [6, 6.07) is 103. The van der Waals surface area contributed by atoms with E-state index in [2.05, 4.69) is 313 Å². The summed E-state index contributed by atoms with van der Waals surface area (Å²) < 4.78 is 10.3. The summed E-state index contributed by atoms with van der Waals surface area (Å²) in [4.78, 5) is 0. The number of benzene rings is 14. The fourth-order valence-electron chi connectivity index (χ4n) is 19.2. The van der Waals surface area contributed by atoms with Crippen molar-refractivity contribution in [1.29, 1.82) is 0 Å². The fraction of sp³-hybridized carbons (Fsp3) is 0.0698. The summed E-state index contributed by atoms with van der Waals surface area (Å²) in [6.07, 6.45) is 0. The molecule has 14 aromatic carbocycles. The lowest BCUT2D eigenvalue weighted by Crippen LogP contribution is -2.63. The van der Waals surface area contributed by atoms with E-state index >= 15 is 0 Å². The predicted molar refractivity (Wildman–Crippen MR) is 391 cm³/mol. The topological polar surface area (TPSA) is 19.7 Å². The average Bonchev–Trinajstić information content (AvgIpc) is 1.32. The van der Waals surface area contributed by atoms with Crippen LogP contribution in [-0.4, -0.2) is 31.7 Å². The number of fused-ring (bicyclic) bond motifs is 24. The van der Waals surface area contributed by atoms with E-state index in [0.29, 0.717) is 0 Å². The van der Waals surface area contributed by atoms with E-state index in [1.54, 1.807) is 0 Å². The van der Waals surface area contributed by atoms with Crippen LogP contribution in [0.25, 0.3) is 143 Å². The lowest BCUT2D eigenvalue weighted by Gasteiger charge is -2.43. The van der Waals surface area contributed by atoms with Crippen molar-refractivity contribution in [3.63, 3.8) is 0 Å². The van der Waals surface area contributed by atoms with Crippen molar-refractivity contribution in [1.82, 2.24) is 18.3 Å². The summed E-state index contributed by atoms with van der Waals surface area (Å²) in [5, 5.41) is 15.4. The molecule has 0 aliphatic carbocycles. The van der Waals surface area contributed by atoms with Gasteiger partial charge in [0, 0.05) is 93.1 Å². The molecule has 0 saturated carbocycles. The van der Waals surface area contributed by atoms with Crippen molar-refractivity contribution in [3.8, 4) is 33.9 Å². The van der Waals surface area contributed by atoms with E-state index in [4.69, 9.17) is 0 Å². The zero-order valence-electron chi connectivity index (χ0n) is 51.3. The maximum atomic E-state index is 2.64. The van der Waals surface area contributed by atoms with Crippen LogP contribution < -0.4 is 32.8 Å². The van der Waals surface area contributed by atoms with Crippen LogP contribution >= 0.6 is 0 Å². The smallest absolute Gasteiger partial charge is 0.247 e. The Hall–Kier alpha value is -11.1. The van der Waals surface area contributed by atoms with E-state index in [9.17, 15) is 0 Å². The number of hydrogen-bond acceptors (Lipinski definition) is 0. The first-order chi connectivity index (χ1) is 45.2. The van der Waals surface area contributed by atoms with Crippen molar-refractivity contribution in [2.45, 2.75) is 38.5 Å². The molecule has 4 nitrogen and oxygen atoms in total. The highest BCUT2D eigenvalue weighted by molar-refractivity contribution is 7.00. The highest BCUT2D eigenvalue weighted by atomic mass is 15.0. The second kappa shape index (κ2) is 17.0. The monoisotopic (exact) mass is 1170 g/mol. The number of rotatable bonds is 3. The van der Waals surface area contributed by atoms with Crippen molar-refractivity contribution in [3.05, 3.63) is 289 Å². The number of hydrogen-bond donors (Lipinski definition) is 0. The molecule has 0 spiro atoms. The molecule has 6 heteroatoms. The minimum absolute atomic E-state index is 0.0274. The summed E-state index contributed by atoms with van der Waals surface area (Å²) in [5.41, 5.74) is 30.7. The Bertz CT molecular complexity index is 6450. The highest BCUT2D eigenvalue weighted by Crippen LogP contribution is 2.51. The van der Waals surface area contributed by atoms with Gasteiger partial charge in [0.25, 0.3) is 0 Å². The van der Waals surface area contributed by atoms with Crippen LogP contribution in [0.15, 0.2) is 267 Å². The minimum Gasteiger partial charge on any atom is -0.310 e. The second-order valence-corrected chi connectivity index (χ2v) is 27.8. The Balaban J connectivity index is 0.840. The van der Waals surface area contributed by atoms with Crippen LogP contribution in [0.1, 0.15) is 49.9 Å². The van der Waals surface area contributed by atoms with Crippen LogP contribution in [0.5, 0.6) is 0 Å². The molecule has 4 aliphatic heterocycles. The molecule has 0 N–H and O–H groups in total. The van der Waals surface area contributed by atoms with Gasteiger partial charge in [-0.05, 0) is 144 Å². The molecular formula is C86H56B2N4. The van der Waals surface area contributed by atoms with Gasteiger partial charge in [-0.25, -0.2) is 0 Å². The SMILES string of the molecule is CC1(C)c2cc3c(cc2B2c4c(cccc41)-n1c4ccccc4c4cccc2c41)c1ccc2c(-c4ccc5c6c4C(C)(C)c4c(ccc7c4c4ccccc4n7-c4ccccc4)B6c4cccc6c7cc8ccccc8cc7n-5c46)cccc2c1n3-c1ccccc1. The summed E-state index contributed by atoms with van der Waals surface area (Å²) in [5.74, 6) is 0. The van der Waals surface area contributed by atoms with E-state index in [1.165, 1.54) is 192 Å². The Morgan fingerprint density at radius 1 is 0.272 bits per heavy atom. The summed E-state index contributed by atoms with van der Waals surface area (Å²) in [7, 11) is 0. The first-order valence-corrected chi connectivity index (χ1v) is 32.7. The standard InChI is InChI=1S/C86H56B2N4/c1-85(2)64-33-20-38-73-80(64)88(68-35-18-31-58-55-27-13-15-36-70(55)91(73)83(58)68)69-47-63-60-40-39-54-53(29-17-30-57(54)82(60)90(76(63)48-65(69)85)52-25-9-6-10-26-52)56-41-43-74-81-78(56)86(3,4)79-66(42-44-72-77(79)61-28-14-16-37-71(61)89(72)51-23-7-5-8-24-51)87(81)67-34-19-32-59-62-45-49-21-11-12-22-50(49)46-75(62)92(74)84(59)67/h5-48H,1-4H3. The summed E-state index contributed by atoms with van der Waals surface area (Å²) >= 11 is 0. The van der Waals surface area contributed by atoms with Gasteiger partial charge in [-0.15, -0.1) is 0 Å². The van der Waals surface area contributed by atoms with Gasteiger partial charge in [0.05, 0.1) is 33.1 Å². The van der Waals surface area contributed by atoms with Crippen LogP contribution in [0.4, 0.5) is 0 Å². The molecule has 0 bridgehead atoms. The van der Waals surface area contributed by atoms with Gasteiger partial charge < -0.3 is 18.3 Å². The Kier molecular flexibility index (Phi) is 9.22. The zero-order chi connectivity index (χ0) is 60.4. The predicted octanol–water partition coefficient (Wildman–Crippen LogP) is 17.0. The quantitative estimate of drug-likeness (QED) is 0.157. The van der Waals surface area contributed by atoms with Crippen LogP contribution in [0.2, 0.25) is 0 Å². The third-order valence-electron chi connectivity index (χ3n) is 22.8. The highest BCUT2D eigenvalue weighted by Gasteiger charge is 2.49. The minimum atomic E-state index is -0.481. The lowest BCUT2D eigenvalue weighted by atomic mass is 9.30. The molecule has 8 heterocycles. The fourth-order valence-corrected chi connectivity index (χ4v) is 19.2. The third-order valence-corrected chi connectivity index (χ3v) is 22.8. The third kappa shape index (κ3) is 5.90. The van der Waals surface area contributed by atoms with Crippen molar-refractivity contribution in [2.24, 2.45) is 0 Å². The molecule has 22 rings (SSSR count). The van der Waals surface area contributed by atoms with Gasteiger partial charge in [0.1, 0.15) is 0 Å². The van der Waals surface area contributed by atoms with Crippen LogP contribution in [-0.2, 0) is 10.8 Å². The Morgan fingerprint density at radius 2 is 0.826 bits per heavy atom. The molecule has 92 heavy (non-hydrogen) atoms. The molecule has 0 unspecified atom stereocenters. The van der Waals surface area contributed by atoms with Crippen molar-refractivity contribution >= 4 is 155 Å². The molecule has 0 saturated heterocycles. The first kappa shape index (κ1) is 49.8. The maximum absolute atomic E-state index is 2.64. The number of nitrogens with zero attached hydrogens (tertiary/aromatic N) is 4. The molecule has 426 valence electrons. The zero-order valence-corrected chi connectivity index (χ0v) is 51.3. The molecule has 0 atom stereocenters. The van der Waals surface area contributed by atoms with Gasteiger partial charge in [0.15, 0.2) is 0 Å².